The monoisotopic (exact) mass is 342 g/mol. The summed E-state index contributed by atoms with van der Waals surface area (Å²) in [5.41, 5.74) is 0. The van der Waals surface area contributed by atoms with Crippen LogP contribution in [0, 0.1) is 0 Å². The molecule has 0 radical (unpaired) electrons. The molecule has 1 heterocycles. The van der Waals surface area contributed by atoms with Gasteiger partial charge in [0.05, 0.1) is 19.4 Å². The van der Waals surface area contributed by atoms with Crippen LogP contribution >= 0.6 is 0 Å². The maximum atomic E-state index is 6.08. The quantitative estimate of drug-likeness (QED) is 0.510. The standard InChI is InChI=1S/C9H26O6Si4/c1-6-10-7-8-11-9-19(5)14-17(3)12-16(2)13-18(4)15-19/h16-18H,6-9H2,1-5H3. The molecule has 1 aliphatic rings. The fraction of sp³-hybridized carbons (Fsp3) is 1.00. The Kier molecular flexibility index (Phi) is 8.20. The van der Waals surface area contributed by atoms with Crippen LogP contribution in [0.4, 0.5) is 0 Å². The van der Waals surface area contributed by atoms with E-state index in [1.807, 2.05) is 33.1 Å². The zero-order chi connectivity index (χ0) is 14.3. The lowest BCUT2D eigenvalue weighted by atomic mass is 10.7. The Hall–Kier alpha value is 0.628. The van der Waals surface area contributed by atoms with Crippen LogP contribution in [0.1, 0.15) is 6.92 Å². The van der Waals surface area contributed by atoms with Gasteiger partial charge >= 0.3 is 8.56 Å². The second kappa shape index (κ2) is 8.81. The molecule has 1 rings (SSSR count). The Morgan fingerprint density at radius 2 is 1.42 bits per heavy atom. The van der Waals surface area contributed by atoms with Gasteiger partial charge in [0.25, 0.3) is 27.9 Å². The lowest BCUT2D eigenvalue weighted by Gasteiger charge is -2.36. The second-order valence-electron chi connectivity index (χ2n) is 4.59. The van der Waals surface area contributed by atoms with Gasteiger partial charge in [-0.3, -0.25) is 0 Å². The maximum absolute atomic E-state index is 6.08. The summed E-state index contributed by atoms with van der Waals surface area (Å²) >= 11 is 0. The number of hydrogen-bond acceptors (Lipinski definition) is 6. The van der Waals surface area contributed by atoms with Crippen LogP contribution in [-0.4, -0.2) is 62.5 Å². The van der Waals surface area contributed by atoms with Gasteiger partial charge in [-0.05, 0) is 33.1 Å². The van der Waals surface area contributed by atoms with Gasteiger partial charge in [0.1, 0.15) is 0 Å². The van der Waals surface area contributed by atoms with Crippen molar-refractivity contribution in [1.29, 1.82) is 0 Å². The van der Waals surface area contributed by atoms with Gasteiger partial charge in [-0.1, -0.05) is 0 Å². The topological polar surface area (TPSA) is 55.4 Å². The highest BCUT2D eigenvalue weighted by Gasteiger charge is 2.39. The summed E-state index contributed by atoms with van der Waals surface area (Å²) in [7, 11) is -7.19. The first-order chi connectivity index (χ1) is 8.95. The van der Waals surface area contributed by atoms with Crippen LogP contribution < -0.4 is 0 Å². The maximum Gasteiger partial charge on any atom is 0.343 e. The molecular weight excluding hydrogens is 316 g/mol. The SMILES string of the molecule is CCOCCOC[Si]1(C)O[SiH](C)O[SiH](C)O[SiH](C)O1. The summed E-state index contributed by atoms with van der Waals surface area (Å²) in [6, 6.07) is 0. The van der Waals surface area contributed by atoms with Crippen molar-refractivity contribution in [1.82, 2.24) is 0 Å². The first-order valence-electron chi connectivity index (χ1n) is 6.77. The Balaban J connectivity index is 2.42. The van der Waals surface area contributed by atoms with E-state index in [9.17, 15) is 0 Å². The van der Waals surface area contributed by atoms with E-state index in [0.717, 1.165) is 0 Å². The molecule has 0 aromatic rings. The van der Waals surface area contributed by atoms with Gasteiger partial charge in [-0.2, -0.15) is 0 Å². The molecule has 10 heteroatoms. The molecule has 19 heavy (non-hydrogen) atoms. The predicted octanol–water partition coefficient (Wildman–Crippen LogP) is 0.282. The van der Waals surface area contributed by atoms with Crippen molar-refractivity contribution in [2.24, 2.45) is 0 Å². The molecule has 0 N–H and O–H groups in total. The molecule has 0 amide bonds. The third-order valence-corrected chi connectivity index (χ3v) is 16.0. The Bertz CT molecular complexity index is 245. The lowest BCUT2D eigenvalue weighted by Crippen LogP contribution is -2.56. The van der Waals surface area contributed by atoms with E-state index >= 15 is 0 Å². The van der Waals surface area contributed by atoms with Crippen LogP contribution in [0.2, 0.25) is 26.2 Å². The van der Waals surface area contributed by atoms with Crippen molar-refractivity contribution in [3.63, 3.8) is 0 Å². The zero-order valence-corrected chi connectivity index (χ0v) is 17.0. The van der Waals surface area contributed by atoms with Gasteiger partial charge in [0.15, 0.2) is 0 Å². The lowest BCUT2D eigenvalue weighted by molar-refractivity contribution is 0.0607. The minimum Gasteiger partial charge on any atom is -0.420 e. The first-order valence-corrected chi connectivity index (χ1v) is 15.6. The van der Waals surface area contributed by atoms with Crippen LogP contribution in [-0.2, 0) is 25.9 Å². The molecule has 0 aromatic heterocycles. The number of rotatable bonds is 6. The van der Waals surface area contributed by atoms with E-state index in [1.165, 1.54) is 0 Å². The van der Waals surface area contributed by atoms with E-state index in [0.29, 0.717) is 26.1 Å². The van der Waals surface area contributed by atoms with Crippen LogP contribution in [0.15, 0.2) is 0 Å². The Morgan fingerprint density at radius 1 is 0.895 bits per heavy atom. The zero-order valence-electron chi connectivity index (χ0n) is 12.5. The van der Waals surface area contributed by atoms with E-state index in [1.54, 1.807) is 0 Å². The predicted molar refractivity (Wildman–Crippen MR) is 82.3 cm³/mol. The van der Waals surface area contributed by atoms with Crippen molar-refractivity contribution in [2.75, 3.05) is 26.1 Å². The molecule has 0 saturated carbocycles. The average molecular weight is 343 g/mol. The summed E-state index contributed by atoms with van der Waals surface area (Å²) in [5.74, 6) is 0. The molecule has 2 atom stereocenters. The van der Waals surface area contributed by atoms with Gasteiger partial charge in [0, 0.05) is 6.61 Å². The van der Waals surface area contributed by atoms with Gasteiger partial charge < -0.3 is 25.9 Å². The number of ether oxygens (including phenoxy) is 2. The fourth-order valence-electron chi connectivity index (χ4n) is 1.95. The largest absolute Gasteiger partial charge is 0.420 e. The molecule has 0 spiro atoms. The molecule has 1 saturated heterocycles. The first kappa shape index (κ1) is 17.7. The molecule has 6 nitrogen and oxygen atoms in total. The molecule has 0 aromatic carbocycles. The van der Waals surface area contributed by atoms with Crippen molar-refractivity contribution >= 4 is 36.4 Å². The molecule has 0 bridgehead atoms. The van der Waals surface area contributed by atoms with E-state index in [4.69, 9.17) is 25.9 Å². The highest BCUT2D eigenvalue weighted by Crippen LogP contribution is 2.16. The highest BCUT2D eigenvalue weighted by atomic mass is 28.5. The molecule has 0 aliphatic carbocycles. The molecule has 1 aliphatic heterocycles. The van der Waals surface area contributed by atoms with Gasteiger partial charge in [0.2, 0.25) is 0 Å². The molecule has 2 unspecified atom stereocenters. The summed E-state index contributed by atoms with van der Waals surface area (Å²) in [5, 5.41) is 0. The molecule has 114 valence electrons. The Morgan fingerprint density at radius 3 is 1.95 bits per heavy atom. The number of hydrogen-bond donors (Lipinski definition) is 0. The fourth-order valence-corrected chi connectivity index (χ4v) is 15.9. The van der Waals surface area contributed by atoms with E-state index < -0.39 is 36.4 Å². The van der Waals surface area contributed by atoms with Crippen molar-refractivity contribution in [2.45, 2.75) is 33.1 Å². The van der Waals surface area contributed by atoms with Crippen molar-refractivity contribution < 1.29 is 25.9 Å². The van der Waals surface area contributed by atoms with Crippen LogP contribution in [0.25, 0.3) is 0 Å². The molecule has 1 fully saturated rings. The van der Waals surface area contributed by atoms with Crippen molar-refractivity contribution in [3.05, 3.63) is 0 Å². The summed E-state index contributed by atoms with van der Waals surface area (Å²) in [6.07, 6.45) is 0.511. The highest BCUT2D eigenvalue weighted by molar-refractivity contribution is 6.81. The normalized spacial score (nSPS) is 36.8. The summed E-state index contributed by atoms with van der Waals surface area (Å²) in [4.78, 5) is 0. The van der Waals surface area contributed by atoms with Gasteiger partial charge in [-0.15, -0.1) is 0 Å². The Labute approximate surface area is 122 Å². The van der Waals surface area contributed by atoms with Crippen LogP contribution in [0.3, 0.4) is 0 Å². The molecular formula is C9H26O6Si4. The summed E-state index contributed by atoms with van der Waals surface area (Å²) < 4.78 is 34.7. The average Bonchev–Trinajstić information content (AvgIpc) is 2.25. The van der Waals surface area contributed by atoms with E-state index in [2.05, 4.69) is 0 Å². The third-order valence-electron chi connectivity index (χ3n) is 2.54. The van der Waals surface area contributed by atoms with E-state index in [-0.39, 0.29) is 0 Å². The van der Waals surface area contributed by atoms with Crippen molar-refractivity contribution in [3.8, 4) is 0 Å². The smallest absolute Gasteiger partial charge is 0.343 e. The van der Waals surface area contributed by atoms with Crippen LogP contribution in [0.5, 0.6) is 0 Å². The minimum atomic E-state index is -2.32. The third kappa shape index (κ3) is 7.26. The summed E-state index contributed by atoms with van der Waals surface area (Å²) in [6.45, 7) is 12.0. The second-order valence-corrected chi connectivity index (χ2v) is 14.6. The van der Waals surface area contributed by atoms with Gasteiger partial charge in [-0.25, -0.2) is 0 Å². The minimum absolute atomic E-state index is 0.511.